The molecule has 0 N–H and O–H groups in total. The van der Waals surface area contributed by atoms with E-state index in [1.165, 1.54) is 12.1 Å². The molecule has 6 saturated heterocycles. The van der Waals surface area contributed by atoms with Crippen molar-refractivity contribution in [3.63, 3.8) is 0 Å². The average molecular weight is 958 g/mol. The van der Waals surface area contributed by atoms with Crippen LogP contribution < -0.4 is 14.7 Å². The van der Waals surface area contributed by atoms with E-state index in [0.29, 0.717) is 55.1 Å². The van der Waals surface area contributed by atoms with Gasteiger partial charge in [-0.25, -0.2) is 29.9 Å². The maximum absolute atomic E-state index is 10.8. The summed E-state index contributed by atoms with van der Waals surface area (Å²) in [6.07, 6.45) is 8.63. The van der Waals surface area contributed by atoms with Gasteiger partial charge in [0.2, 0.25) is 5.28 Å². The highest BCUT2D eigenvalue weighted by Gasteiger charge is 2.36. The topological polar surface area (TPSA) is 158 Å². The van der Waals surface area contributed by atoms with Crippen molar-refractivity contribution in [3.05, 3.63) is 77.2 Å². The second-order valence-electron chi connectivity index (χ2n) is 14.4. The molecular formula is C36H37Cl4IN10O5. The number of nitrogens with zero attached hydrogens (tertiary/aromatic N) is 10. The van der Waals surface area contributed by atoms with Gasteiger partial charge >= 0.3 is 0 Å². The molecule has 296 valence electrons. The van der Waals surface area contributed by atoms with E-state index in [9.17, 15) is 10.1 Å². The zero-order valence-electron chi connectivity index (χ0n) is 29.9. The number of morpholine rings is 3. The molecule has 6 unspecified atom stereocenters. The van der Waals surface area contributed by atoms with Crippen LogP contribution in [0.2, 0.25) is 20.7 Å². The maximum atomic E-state index is 10.8. The van der Waals surface area contributed by atoms with Crippen LogP contribution >= 0.6 is 69.0 Å². The summed E-state index contributed by atoms with van der Waals surface area (Å²) in [6, 6.07) is 11.5. The van der Waals surface area contributed by atoms with Crippen LogP contribution in [-0.2, 0) is 14.2 Å². The molecule has 15 nitrogen and oxygen atoms in total. The summed E-state index contributed by atoms with van der Waals surface area (Å²) < 4.78 is 18.1. The molecule has 0 spiro atoms. The third kappa shape index (κ3) is 9.82. The van der Waals surface area contributed by atoms with Gasteiger partial charge in [-0.1, -0.05) is 34.8 Å². The first-order chi connectivity index (χ1) is 27.0. The number of hydrogen-bond donors (Lipinski definition) is 0. The molecular weight excluding hydrogens is 921 g/mol. The van der Waals surface area contributed by atoms with Crippen molar-refractivity contribution in [1.29, 1.82) is 0 Å². The number of anilines is 3. The second kappa shape index (κ2) is 17.5. The Kier molecular flexibility index (Phi) is 12.4. The fraction of sp³-hybridized carbons (Fsp3) is 0.500. The van der Waals surface area contributed by atoms with Crippen molar-refractivity contribution in [2.24, 2.45) is 0 Å². The maximum Gasteiger partial charge on any atom is 0.269 e. The Morgan fingerprint density at radius 1 is 0.571 bits per heavy atom. The van der Waals surface area contributed by atoms with Crippen molar-refractivity contribution < 1.29 is 19.1 Å². The first-order valence-electron chi connectivity index (χ1n) is 18.4. The van der Waals surface area contributed by atoms with Gasteiger partial charge in [0.05, 0.1) is 41.5 Å². The van der Waals surface area contributed by atoms with Gasteiger partial charge in [-0.05, 0) is 62.3 Å². The van der Waals surface area contributed by atoms with Gasteiger partial charge in [-0.3, -0.25) is 10.1 Å². The molecule has 0 amide bonds. The number of nitro groups is 1. The third-order valence-electron chi connectivity index (χ3n) is 10.4. The largest absolute Gasteiger partial charge is 0.371 e. The SMILES string of the molecule is Clc1cc(N2CC3CCC(C2)O3)nc(Cl)n1.Clc1cc(N2CC3CCC(C2)O3)nc(I)n1.O=[N+]([O-])c1ccc(-c2nc(Cl)cc(N3CC4CCC(C3)O4)n2)cc1. The Balaban J connectivity index is 0.000000122. The van der Waals surface area contributed by atoms with Gasteiger partial charge in [0, 0.05) is 97.8 Å². The number of fused-ring (bicyclic) bond motifs is 6. The number of nitro benzene ring substituents is 1. The predicted molar refractivity (Wildman–Crippen MR) is 221 cm³/mol. The molecule has 0 saturated carbocycles. The summed E-state index contributed by atoms with van der Waals surface area (Å²) in [5.41, 5.74) is 0.728. The van der Waals surface area contributed by atoms with Crippen LogP contribution in [0.25, 0.3) is 11.4 Å². The van der Waals surface area contributed by atoms with Crippen LogP contribution in [0.4, 0.5) is 23.1 Å². The molecule has 9 heterocycles. The van der Waals surface area contributed by atoms with Crippen LogP contribution in [0, 0.1) is 13.9 Å². The van der Waals surface area contributed by atoms with Gasteiger partial charge in [0.15, 0.2) is 9.66 Å². The monoisotopic (exact) mass is 956 g/mol. The Hall–Kier alpha value is -2.97. The highest BCUT2D eigenvalue weighted by Crippen LogP contribution is 2.33. The number of hydrogen-bond acceptors (Lipinski definition) is 14. The van der Waals surface area contributed by atoms with Crippen molar-refractivity contribution in [1.82, 2.24) is 29.9 Å². The van der Waals surface area contributed by atoms with Gasteiger partial charge < -0.3 is 28.9 Å². The zero-order valence-corrected chi connectivity index (χ0v) is 35.1. The van der Waals surface area contributed by atoms with E-state index in [0.717, 1.165) is 95.2 Å². The Bertz CT molecular complexity index is 1910. The van der Waals surface area contributed by atoms with Gasteiger partial charge in [0.1, 0.15) is 32.9 Å². The summed E-state index contributed by atoms with van der Waals surface area (Å²) in [6.45, 7) is 5.15. The van der Waals surface area contributed by atoms with Crippen molar-refractivity contribution >= 4 is 92.1 Å². The van der Waals surface area contributed by atoms with E-state index in [2.05, 4.69) is 67.2 Å². The van der Waals surface area contributed by atoms with Crippen LogP contribution in [0.3, 0.4) is 0 Å². The lowest BCUT2D eigenvalue weighted by Gasteiger charge is -2.33. The minimum absolute atomic E-state index is 0.0331. The molecule has 6 aliphatic heterocycles. The summed E-state index contributed by atoms with van der Waals surface area (Å²) in [7, 11) is 0. The van der Waals surface area contributed by atoms with Crippen LogP contribution in [-0.4, -0.2) is 111 Å². The molecule has 4 aromatic rings. The number of aromatic nitrogens is 6. The zero-order chi connectivity index (χ0) is 38.9. The molecule has 20 heteroatoms. The van der Waals surface area contributed by atoms with Crippen molar-refractivity contribution in [2.75, 3.05) is 54.0 Å². The predicted octanol–water partition coefficient (Wildman–Crippen LogP) is 7.33. The minimum atomic E-state index is -0.433. The number of halogens is 5. The van der Waals surface area contributed by atoms with Crippen LogP contribution in [0.15, 0.2) is 42.5 Å². The lowest BCUT2D eigenvalue weighted by molar-refractivity contribution is -0.384. The van der Waals surface area contributed by atoms with Gasteiger partial charge in [-0.2, -0.15) is 0 Å². The van der Waals surface area contributed by atoms with E-state index in [1.54, 1.807) is 24.3 Å². The van der Waals surface area contributed by atoms with Crippen LogP contribution in [0.5, 0.6) is 0 Å². The fourth-order valence-corrected chi connectivity index (χ4v) is 9.32. The van der Waals surface area contributed by atoms with Crippen molar-refractivity contribution in [2.45, 2.75) is 75.1 Å². The Morgan fingerprint density at radius 2 is 0.964 bits per heavy atom. The number of ether oxygens (including phenoxy) is 3. The Morgan fingerprint density at radius 3 is 1.38 bits per heavy atom. The fourth-order valence-electron chi connectivity index (χ4n) is 7.92. The molecule has 1 aromatic carbocycles. The molecule has 0 radical (unpaired) electrons. The van der Waals surface area contributed by atoms with Gasteiger partial charge in [0.25, 0.3) is 5.69 Å². The quantitative estimate of drug-likeness (QED) is 0.0644. The molecule has 6 bridgehead atoms. The smallest absolute Gasteiger partial charge is 0.269 e. The minimum Gasteiger partial charge on any atom is -0.371 e. The normalized spacial score (nSPS) is 26.0. The number of rotatable bonds is 5. The number of non-ortho nitro benzene ring substituents is 1. The molecule has 56 heavy (non-hydrogen) atoms. The van der Waals surface area contributed by atoms with Crippen LogP contribution in [0.1, 0.15) is 38.5 Å². The molecule has 6 atom stereocenters. The average Bonchev–Trinajstić information content (AvgIpc) is 3.82. The standard InChI is InChI=1S/C16H15ClN4O3.C10H11Cl2N3O.C10H11ClIN3O/c17-14-7-15(20-8-12-5-6-13(9-20)24-12)19-16(18-14)10-1-3-11(4-2-10)21(22)23;2*11-8-3-9(14-10(12)13-8)15-4-6-1-2-7(5-15)16-6/h1-4,7,12-13H,5-6,8-9H2;2*3,6-7H,1-2,4-5H2. The molecule has 3 aromatic heterocycles. The molecule has 0 aliphatic carbocycles. The van der Waals surface area contributed by atoms with E-state index in [4.69, 9.17) is 60.6 Å². The highest BCUT2D eigenvalue weighted by atomic mass is 127. The molecule has 6 fully saturated rings. The lowest BCUT2D eigenvalue weighted by Crippen LogP contribution is -2.43. The summed E-state index contributed by atoms with van der Waals surface area (Å²) >= 11 is 25.9. The van der Waals surface area contributed by atoms with Gasteiger partial charge in [-0.15, -0.1) is 0 Å². The lowest BCUT2D eigenvalue weighted by atomic mass is 10.2. The summed E-state index contributed by atoms with van der Waals surface area (Å²) in [5.74, 6) is 2.95. The van der Waals surface area contributed by atoms with E-state index in [-0.39, 0.29) is 23.2 Å². The van der Waals surface area contributed by atoms with E-state index in [1.807, 2.05) is 6.07 Å². The van der Waals surface area contributed by atoms with Crippen molar-refractivity contribution in [3.8, 4) is 11.4 Å². The van der Waals surface area contributed by atoms with E-state index < -0.39 is 4.92 Å². The third-order valence-corrected chi connectivity index (χ3v) is 11.7. The number of benzene rings is 1. The second-order valence-corrected chi connectivity index (χ2v) is 16.9. The summed E-state index contributed by atoms with van der Waals surface area (Å²) in [5, 5.41) is 12.2. The molecule has 10 rings (SSSR count). The highest BCUT2D eigenvalue weighted by molar-refractivity contribution is 14.1. The first kappa shape index (κ1) is 39.8. The first-order valence-corrected chi connectivity index (χ1v) is 21.0. The molecule has 6 aliphatic rings. The van der Waals surface area contributed by atoms with E-state index >= 15 is 0 Å². The summed E-state index contributed by atoms with van der Waals surface area (Å²) in [4.78, 5) is 42.3. The Labute approximate surface area is 356 Å².